The molecule has 0 aromatic carbocycles. The SMILES string of the molecule is CCN(C)CCCN(C)C(C)CO. The van der Waals surface area contributed by atoms with Crippen molar-refractivity contribution >= 4 is 0 Å². The molecule has 0 saturated carbocycles. The first kappa shape index (κ1) is 12.9. The van der Waals surface area contributed by atoms with E-state index in [4.69, 9.17) is 5.11 Å². The maximum atomic E-state index is 8.91. The predicted octanol–water partition coefficient (Wildman–Crippen LogP) is 0.641. The van der Waals surface area contributed by atoms with Crippen molar-refractivity contribution in [3.8, 4) is 0 Å². The summed E-state index contributed by atoms with van der Waals surface area (Å²) in [4.78, 5) is 4.50. The van der Waals surface area contributed by atoms with Crippen molar-refractivity contribution in [3.63, 3.8) is 0 Å². The molecule has 0 bridgehead atoms. The van der Waals surface area contributed by atoms with Gasteiger partial charge in [-0.3, -0.25) is 0 Å². The highest BCUT2D eigenvalue weighted by Crippen LogP contribution is 1.96. The summed E-state index contributed by atoms with van der Waals surface area (Å²) in [6.07, 6.45) is 1.17. The van der Waals surface area contributed by atoms with Crippen molar-refractivity contribution in [2.24, 2.45) is 0 Å². The molecule has 0 amide bonds. The molecule has 0 aliphatic rings. The lowest BCUT2D eigenvalue weighted by atomic mass is 10.3. The first-order valence-corrected chi connectivity index (χ1v) is 5.11. The van der Waals surface area contributed by atoms with E-state index in [1.807, 2.05) is 6.92 Å². The zero-order valence-electron chi connectivity index (χ0n) is 9.45. The van der Waals surface area contributed by atoms with E-state index in [9.17, 15) is 0 Å². The Morgan fingerprint density at radius 1 is 1.23 bits per heavy atom. The summed E-state index contributed by atoms with van der Waals surface area (Å²) in [5.74, 6) is 0. The molecule has 0 aromatic rings. The topological polar surface area (TPSA) is 26.7 Å². The maximum Gasteiger partial charge on any atom is 0.0584 e. The van der Waals surface area contributed by atoms with Gasteiger partial charge in [-0.25, -0.2) is 0 Å². The second kappa shape index (κ2) is 7.30. The quantitative estimate of drug-likeness (QED) is 0.635. The van der Waals surface area contributed by atoms with E-state index >= 15 is 0 Å². The summed E-state index contributed by atoms with van der Waals surface area (Å²) >= 11 is 0. The number of likely N-dealkylation sites (N-methyl/N-ethyl adjacent to an activating group) is 1. The van der Waals surface area contributed by atoms with Gasteiger partial charge in [-0.2, -0.15) is 0 Å². The molecule has 0 heterocycles. The fraction of sp³-hybridized carbons (Fsp3) is 1.00. The molecule has 0 spiro atoms. The maximum absolute atomic E-state index is 8.91. The second-order valence-electron chi connectivity index (χ2n) is 3.76. The first-order valence-electron chi connectivity index (χ1n) is 5.11. The van der Waals surface area contributed by atoms with Crippen molar-refractivity contribution < 1.29 is 5.11 Å². The molecular formula is C10H24N2O. The summed E-state index contributed by atoms with van der Waals surface area (Å²) in [6, 6.07) is 0.284. The van der Waals surface area contributed by atoms with Crippen LogP contribution in [0, 0.1) is 0 Å². The summed E-state index contributed by atoms with van der Waals surface area (Å²) in [5, 5.41) is 8.91. The Balaban J connectivity index is 3.41. The number of hydrogen-bond acceptors (Lipinski definition) is 3. The molecule has 0 rings (SSSR count). The Morgan fingerprint density at radius 2 is 1.85 bits per heavy atom. The third-order valence-corrected chi connectivity index (χ3v) is 2.61. The van der Waals surface area contributed by atoms with Crippen LogP contribution in [0.25, 0.3) is 0 Å². The van der Waals surface area contributed by atoms with Crippen LogP contribution in [0.3, 0.4) is 0 Å². The van der Waals surface area contributed by atoms with E-state index in [-0.39, 0.29) is 12.6 Å². The monoisotopic (exact) mass is 188 g/mol. The minimum atomic E-state index is 0.250. The van der Waals surface area contributed by atoms with E-state index in [1.54, 1.807) is 0 Å². The van der Waals surface area contributed by atoms with E-state index < -0.39 is 0 Å². The van der Waals surface area contributed by atoms with Gasteiger partial charge in [-0.05, 0) is 47.1 Å². The summed E-state index contributed by atoms with van der Waals surface area (Å²) < 4.78 is 0. The lowest BCUT2D eigenvalue weighted by Crippen LogP contribution is -2.34. The molecule has 0 saturated heterocycles. The van der Waals surface area contributed by atoms with Gasteiger partial charge in [-0.1, -0.05) is 6.92 Å². The van der Waals surface area contributed by atoms with Crippen molar-refractivity contribution in [1.82, 2.24) is 9.80 Å². The Bertz CT molecular complexity index is 119. The highest BCUT2D eigenvalue weighted by Gasteiger charge is 2.06. The van der Waals surface area contributed by atoms with Crippen molar-refractivity contribution in [3.05, 3.63) is 0 Å². The van der Waals surface area contributed by atoms with E-state index in [0.29, 0.717) is 0 Å². The molecule has 0 radical (unpaired) electrons. The van der Waals surface area contributed by atoms with E-state index in [0.717, 1.165) is 19.6 Å². The third-order valence-electron chi connectivity index (χ3n) is 2.61. The largest absolute Gasteiger partial charge is 0.395 e. The number of rotatable bonds is 7. The van der Waals surface area contributed by atoms with Gasteiger partial charge in [-0.15, -0.1) is 0 Å². The van der Waals surface area contributed by atoms with Gasteiger partial charge >= 0.3 is 0 Å². The highest BCUT2D eigenvalue weighted by molar-refractivity contribution is 4.62. The fourth-order valence-corrected chi connectivity index (χ4v) is 1.11. The highest BCUT2D eigenvalue weighted by atomic mass is 16.3. The van der Waals surface area contributed by atoms with Gasteiger partial charge in [0.2, 0.25) is 0 Å². The predicted molar refractivity (Wildman–Crippen MR) is 57.0 cm³/mol. The molecule has 3 nitrogen and oxygen atoms in total. The summed E-state index contributed by atoms with van der Waals surface area (Å²) in [7, 11) is 4.20. The minimum Gasteiger partial charge on any atom is -0.395 e. The molecular weight excluding hydrogens is 164 g/mol. The summed E-state index contributed by atoms with van der Waals surface area (Å²) in [6.45, 7) is 7.77. The van der Waals surface area contributed by atoms with E-state index in [2.05, 4.69) is 30.8 Å². The standard InChI is InChI=1S/C10H24N2O/c1-5-11(3)7-6-8-12(4)10(2)9-13/h10,13H,5-9H2,1-4H3. The van der Waals surface area contributed by atoms with Crippen molar-refractivity contribution in [2.75, 3.05) is 40.3 Å². The van der Waals surface area contributed by atoms with Crippen LogP contribution in [0.4, 0.5) is 0 Å². The van der Waals surface area contributed by atoms with Gasteiger partial charge in [0, 0.05) is 6.04 Å². The molecule has 0 aromatic heterocycles. The zero-order chi connectivity index (χ0) is 10.3. The van der Waals surface area contributed by atoms with Crippen LogP contribution in [-0.4, -0.2) is 61.3 Å². The Hall–Kier alpha value is -0.120. The van der Waals surface area contributed by atoms with Crippen molar-refractivity contribution in [2.45, 2.75) is 26.3 Å². The minimum absolute atomic E-state index is 0.250. The van der Waals surface area contributed by atoms with Crippen LogP contribution < -0.4 is 0 Å². The first-order chi connectivity index (χ1) is 6.11. The van der Waals surface area contributed by atoms with Gasteiger partial charge in [0.25, 0.3) is 0 Å². The molecule has 1 atom stereocenters. The Labute approximate surface area is 82.3 Å². The average molecular weight is 188 g/mol. The average Bonchev–Trinajstić information content (AvgIpc) is 2.15. The number of aliphatic hydroxyl groups excluding tert-OH is 1. The molecule has 0 aliphatic carbocycles. The molecule has 13 heavy (non-hydrogen) atoms. The third kappa shape index (κ3) is 6.02. The van der Waals surface area contributed by atoms with Crippen molar-refractivity contribution in [1.29, 1.82) is 0 Å². The molecule has 0 aliphatic heterocycles. The van der Waals surface area contributed by atoms with Crippen LogP contribution in [-0.2, 0) is 0 Å². The molecule has 80 valence electrons. The number of nitrogens with zero attached hydrogens (tertiary/aromatic N) is 2. The van der Waals surface area contributed by atoms with Gasteiger partial charge in [0.1, 0.15) is 0 Å². The fourth-order valence-electron chi connectivity index (χ4n) is 1.11. The van der Waals surface area contributed by atoms with Crippen LogP contribution in [0.2, 0.25) is 0 Å². The van der Waals surface area contributed by atoms with E-state index in [1.165, 1.54) is 6.42 Å². The number of hydrogen-bond donors (Lipinski definition) is 1. The van der Waals surface area contributed by atoms with Crippen LogP contribution >= 0.6 is 0 Å². The molecule has 0 fully saturated rings. The lowest BCUT2D eigenvalue weighted by molar-refractivity contribution is 0.154. The smallest absolute Gasteiger partial charge is 0.0584 e. The Morgan fingerprint density at radius 3 is 2.31 bits per heavy atom. The normalized spacial score (nSPS) is 14.1. The van der Waals surface area contributed by atoms with Crippen LogP contribution in [0.1, 0.15) is 20.3 Å². The zero-order valence-corrected chi connectivity index (χ0v) is 9.45. The molecule has 1 unspecified atom stereocenters. The molecule has 3 heteroatoms. The number of aliphatic hydroxyl groups is 1. The van der Waals surface area contributed by atoms with Gasteiger partial charge in [0.05, 0.1) is 6.61 Å². The van der Waals surface area contributed by atoms with Gasteiger partial charge in [0.15, 0.2) is 0 Å². The molecule has 1 N–H and O–H groups in total. The lowest BCUT2D eigenvalue weighted by Gasteiger charge is -2.23. The van der Waals surface area contributed by atoms with Crippen LogP contribution in [0.15, 0.2) is 0 Å². The second-order valence-corrected chi connectivity index (χ2v) is 3.76. The van der Waals surface area contributed by atoms with Gasteiger partial charge < -0.3 is 14.9 Å². The summed E-state index contributed by atoms with van der Waals surface area (Å²) in [5.41, 5.74) is 0. The van der Waals surface area contributed by atoms with Crippen LogP contribution in [0.5, 0.6) is 0 Å². The Kier molecular flexibility index (Phi) is 7.23.